The quantitative estimate of drug-likeness (QED) is 0.298. The van der Waals surface area contributed by atoms with Crippen LogP contribution >= 0.6 is 0 Å². The van der Waals surface area contributed by atoms with E-state index >= 15 is 0 Å². The van der Waals surface area contributed by atoms with E-state index in [1.54, 1.807) is 0 Å². The van der Waals surface area contributed by atoms with E-state index in [1.165, 1.54) is 0 Å². The molecule has 0 heterocycles. The Labute approximate surface area is 158 Å². The van der Waals surface area contributed by atoms with Crippen molar-refractivity contribution in [2.75, 3.05) is 39.3 Å². The zero-order valence-corrected chi connectivity index (χ0v) is 14.8. The monoisotopic (exact) mass is 372 g/mol. The molecule has 3 N–H and O–H groups in total. The molecule has 0 fully saturated rings. The van der Waals surface area contributed by atoms with Gasteiger partial charge in [0.15, 0.2) is 0 Å². The Kier molecular flexibility index (Phi) is 16.6. The first kappa shape index (κ1) is 26.2. The summed E-state index contributed by atoms with van der Waals surface area (Å²) >= 11 is 0. The Morgan fingerprint density at radius 3 is 1.23 bits per heavy atom. The van der Waals surface area contributed by atoms with Crippen molar-refractivity contribution in [3.05, 3.63) is 0 Å². The van der Waals surface area contributed by atoms with Crippen LogP contribution in [0.4, 0.5) is 0 Å². The number of carboxylic acid groups (broad SMARTS) is 4. The van der Waals surface area contributed by atoms with E-state index in [0.717, 1.165) is 9.80 Å². The maximum atomic E-state index is 10.5. The molecule has 0 aliphatic carbocycles. The number of carbonyl (C=O) groups is 4. The van der Waals surface area contributed by atoms with Crippen LogP contribution in [-0.2, 0) is 35.7 Å². The molecule has 0 rings (SSSR count). The summed E-state index contributed by atoms with van der Waals surface area (Å²) in [7, 11) is 0. The van der Waals surface area contributed by atoms with Crippen LogP contribution in [0, 0.1) is 0 Å². The number of hydrogen-bond donors (Lipinski definition) is 3. The van der Waals surface area contributed by atoms with E-state index < -0.39 is 50.1 Å². The minimum Gasteiger partial charge on any atom is -0.549 e. The van der Waals surface area contributed by atoms with Crippen molar-refractivity contribution in [2.45, 2.75) is 0 Å². The minimum absolute atomic E-state index is 0. The van der Waals surface area contributed by atoms with Gasteiger partial charge in [-0.3, -0.25) is 24.2 Å². The van der Waals surface area contributed by atoms with Crippen LogP contribution in [0.5, 0.6) is 0 Å². The molecule has 0 aliphatic heterocycles. The second kappa shape index (κ2) is 13.9. The molecule has 0 aromatic rings. The van der Waals surface area contributed by atoms with Crippen LogP contribution in [0.3, 0.4) is 0 Å². The number of aliphatic carboxylic acids is 4. The van der Waals surface area contributed by atoms with Gasteiger partial charge in [-0.25, -0.2) is 0 Å². The smallest absolute Gasteiger partial charge is 0.549 e. The van der Waals surface area contributed by atoms with Crippen molar-refractivity contribution in [3.63, 3.8) is 0 Å². The Hall–Kier alpha value is -0.706. The van der Waals surface area contributed by atoms with Crippen molar-refractivity contribution in [1.82, 2.24) is 9.80 Å². The summed E-state index contributed by atoms with van der Waals surface area (Å²) in [6.07, 6.45) is 0. The van der Waals surface area contributed by atoms with Gasteiger partial charge in [0.25, 0.3) is 0 Å². The third-order valence-corrected chi connectivity index (χ3v) is 2.16. The fourth-order valence-electron chi connectivity index (χ4n) is 1.47. The van der Waals surface area contributed by atoms with Gasteiger partial charge in [0.2, 0.25) is 0 Å². The van der Waals surface area contributed by atoms with Crippen LogP contribution in [0.2, 0.25) is 0 Å². The maximum Gasteiger partial charge on any atom is 1.00 e. The van der Waals surface area contributed by atoms with E-state index in [-0.39, 0.29) is 59.1 Å². The molecular weight excluding hydrogens is 358 g/mol. The van der Waals surface area contributed by atoms with E-state index in [2.05, 4.69) is 0 Å². The largest absolute Gasteiger partial charge is 1.00 e. The first-order valence-corrected chi connectivity index (χ1v) is 5.50. The molecule has 0 spiro atoms. The van der Waals surface area contributed by atoms with Crippen LogP contribution in [0.1, 0.15) is 0 Å². The summed E-state index contributed by atoms with van der Waals surface area (Å²) in [5.74, 6) is -5.21. The average molecular weight is 373 g/mol. The molecule has 22 heavy (non-hydrogen) atoms. The van der Waals surface area contributed by atoms with Gasteiger partial charge in [0.05, 0.1) is 25.6 Å². The predicted molar refractivity (Wildman–Crippen MR) is 60.8 cm³/mol. The fourth-order valence-corrected chi connectivity index (χ4v) is 1.47. The third-order valence-electron chi connectivity index (χ3n) is 2.16. The van der Waals surface area contributed by atoms with Crippen molar-refractivity contribution in [1.29, 1.82) is 0 Å². The summed E-state index contributed by atoms with van der Waals surface area (Å²) in [5.41, 5.74) is 0. The standard InChI is InChI=1S/C10H16N2O8.Na.Ni/c13-7(14)3-11(4-8(15)16)1-2-12(5-9(17)18)6-10(19)20;;/h1-6H2,(H,13,14)(H,15,16)(H,17,18)(H,19,20);;/q;+1;/p-1. The summed E-state index contributed by atoms with van der Waals surface area (Å²) in [6.45, 7) is -2.50. The normalized spacial score (nSPS) is 9.73. The molecule has 0 saturated carbocycles. The molecule has 0 amide bonds. The summed E-state index contributed by atoms with van der Waals surface area (Å²) in [5, 5.41) is 36.3. The van der Waals surface area contributed by atoms with Gasteiger partial charge in [0.1, 0.15) is 0 Å². The maximum absolute atomic E-state index is 10.5. The van der Waals surface area contributed by atoms with Crippen molar-refractivity contribution < 1.29 is 85.7 Å². The zero-order valence-electron chi connectivity index (χ0n) is 11.8. The Bertz CT molecular complexity index is 327. The number of rotatable bonds is 11. The number of carboxylic acids is 4. The first-order chi connectivity index (χ1) is 9.20. The second-order valence-corrected chi connectivity index (χ2v) is 3.97. The van der Waals surface area contributed by atoms with Crippen LogP contribution in [0.15, 0.2) is 0 Å². The second-order valence-electron chi connectivity index (χ2n) is 3.97. The molecule has 0 bridgehead atoms. The Balaban J connectivity index is -0.00000180. The molecule has 10 nitrogen and oxygen atoms in total. The summed E-state index contributed by atoms with van der Waals surface area (Å²) in [4.78, 5) is 44.1. The van der Waals surface area contributed by atoms with E-state index in [1.807, 2.05) is 0 Å². The third kappa shape index (κ3) is 15.7. The van der Waals surface area contributed by atoms with E-state index in [4.69, 9.17) is 15.3 Å². The molecule has 0 aromatic carbocycles. The van der Waals surface area contributed by atoms with E-state index in [9.17, 15) is 24.3 Å². The fraction of sp³-hybridized carbons (Fsp3) is 0.600. The summed E-state index contributed by atoms with van der Waals surface area (Å²) < 4.78 is 0. The molecule has 0 saturated heterocycles. The minimum atomic E-state index is -1.48. The van der Waals surface area contributed by atoms with E-state index in [0.29, 0.717) is 0 Å². The van der Waals surface area contributed by atoms with Gasteiger partial charge >= 0.3 is 47.5 Å². The molecule has 0 aromatic heterocycles. The number of carbonyl (C=O) groups excluding carboxylic acids is 1. The first-order valence-electron chi connectivity index (χ1n) is 5.50. The molecule has 124 valence electrons. The Morgan fingerprint density at radius 2 is 1.00 bits per heavy atom. The number of hydrogen-bond acceptors (Lipinski definition) is 7. The van der Waals surface area contributed by atoms with Gasteiger partial charge in [-0.15, -0.1) is 0 Å². The van der Waals surface area contributed by atoms with Crippen molar-refractivity contribution in [3.8, 4) is 0 Å². The van der Waals surface area contributed by atoms with Gasteiger partial charge in [-0.05, 0) is 0 Å². The predicted octanol–water partition coefficient (Wildman–Crippen LogP) is -6.40. The van der Waals surface area contributed by atoms with Crippen molar-refractivity contribution in [2.24, 2.45) is 0 Å². The molecule has 0 unspecified atom stereocenters. The topological polar surface area (TPSA) is 159 Å². The molecule has 0 aliphatic rings. The molecular formula is C10H15N2NaNiO8. The number of nitrogens with zero attached hydrogens (tertiary/aromatic N) is 2. The molecule has 0 radical (unpaired) electrons. The van der Waals surface area contributed by atoms with Gasteiger partial charge in [-0.1, -0.05) is 0 Å². The SMILES string of the molecule is O=C([O-])CN(CCN(CC(=O)O)CC(=O)O)CC(=O)O.[Na+].[Ni]. The average Bonchev–Trinajstić information content (AvgIpc) is 2.22. The van der Waals surface area contributed by atoms with Crippen LogP contribution in [0.25, 0.3) is 0 Å². The van der Waals surface area contributed by atoms with Gasteiger partial charge < -0.3 is 25.2 Å². The summed E-state index contributed by atoms with van der Waals surface area (Å²) in [6, 6.07) is 0. The zero-order chi connectivity index (χ0) is 15.7. The van der Waals surface area contributed by atoms with Gasteiger partial charge in [-0.2, -0.15) is 0 Å². The van der Waals surface area contributed by atoms with Crippen molar-refractivity contribution >= 4 is 23.9 Å². The molecule has 12 heteroatoms. The van der Waals surface area contributed by atoms with Gasteiger partial charge in [0, 0.05) is 36.1 Å². The van der Waals surface area contributed by atoms with Crippen LogP contribution in [-0.4, -0.2) is 88.3 Å². The molecule has 0 atom stereocenters. The Morgan fingerprint density at radius 1 is 0.727 bits per heavy atom. The van der Waals surface area contributed by atoms with Crippen LogP contribution < -0.4 is 34.7 Å².